The average Bonchev–Trinajstić information content (AvgIpc) is 2.94. The number of halogens is 2. The van der Waals surface area contributed by atoms with Gasteiger partial charge in [-0.2, -0.15) is 0 Å². The number of aromatic nitrogens is 1. The molecule has 0 fully saturated rings. The molecule has 10 heteroatoms. The molecule has 0 radical (unpaired) electrons. The van der Waals surface area contributed by atoms with Crippen molar-refractivity contribution in [2.45, 2.75) is 63.5 Å². The summed E-state index contributed by atoms with van der Waals surface area (Å²) in [6.07, 6.45) is -0.828. The molecule has 0 aromatic carbocycles. The molecule has 150 valence electrons. The molecule has 0 spiro atoms. The standard InChI is InChI=1S/C16H26F2N2O5S/c1-14(2,10-21)11-9-12(25-20-11)19-13(22)15(3,4)26(23,24)8-6-7-16(5,17)18/h9,21H,6-8,10H2,1-5H3,(H,19,22). The van der Waals surface area contributed by atoms with Crippen LogP contribution in [0.15, 0.2) is 10.6 Å². The van der Waals surface area contributed by atoms with E-state index in [-0.39, 0.29) is 18.9 Å². The fourth-order valence-corrected chi connectivity index (χ4v) is 3.33. The van der Waals surface area contributed by atoms with Crippen LogP contribution in [0.25, 0.3) is 0 Å². The van der Waals surface area contributed by atoms with E-state index in [0.717, 1.165) is 0 Å². The summed E-state index contributed by atoms with van der Waals surface area (Å²) in [7, 11) is -3.98. The minimum atomic E-state index is -3.98. The molecular weight excluding hydrogens is 370 g/mol. The Kier molecular flexibility index (Phi) is 6.57. The van der Waals surface area contributed by atoms with Crippen molar-refractivity contribution in [3.63, 3.8) is 0 Å². The molecule has 0 aliphatic heterocycles. The number of nitrogens with zero attached hydrogens (tertiary/aromatic N) is 1. The fourth-order valence-electron chi connectivity index (χ4n) is 1.97. The Hall–Kier alpha value is -1.55. The number of rotatable bonds is 9. The second-order valence-corrected chi connectivity index (χ2v) is 10.2. The minimum Gasteiger partial charge on any atom is -0.395 e. The van der Waals surface area contributed by atoms with Crippen LogP contribution >= 0.6 is 0 Å². The van der Waals surface area contributed by atoms with Gasteiger partial charge in [-0.15, -0.1) is 0 Å². The Morgan fingerprint density at radius 2 is 1.85 bits per heavy atom. The van der Waals surface area contributed by atoms with E-state index in [0.29, 0.717) is 12.6 Å². The van der Waals surface area contributed by atoms with E-state index < -0.39 is 44.0 Å². The lowest BCUT2D eigenvalue weighted by atomic mass is 9.91. The molecule has 0 atom stereocenters. The molecule has 2 N–H and O–H groups in total. The Bertz CT molecular complexity index is 736. The quantitative estimate of drug-likeness (QED) is 0.664. The number of aliphatic hydroxyl groups excluding tert-OH is 1. The molecule has 1 aromatic rings. The Morgan fingerprint density at radius 1 is 1.27 bits per heavy atom. The van der Waals surface area contributed by atoms with E-state index in [4.69, 9.17) is 4.52 Å². The zero-order valence-electron chi connectivity index (χ0n) is 15.6. The SMILES string of the molecule is CC(F)(F)CCCS(=O)(=O)C(C)(C)C(=O)Nc1cc(C(C)(C)CO)no1. The molecule has 0 unspecified atom stereocenters. The number of nitrogens with one attached hydrogen (secondary N) is 1. The summed E-state index contributed by atoms with van der Waals surface area (Å²) >= 11 is 0. The summed E-state index contributed by atoms with van der Waals surface area (Å²) in [6.45, 7) is 6.36. The lowest BCUT2D eigenvalue weighted by molar-refractivity contribution is -0.118. The highest BCUT2D eigenvalue weighted by molar-refractivity contribution is 7.93. The number of aliphatic hydroxyl groups is 1. The molecule has 1 heterocycles. The van der Waals surface area contributed by atoms with Gasteiger partial charge < -0.3 is 9.63 Å². The highest BCUT2D eigenvalue weighted by Gasteiger charge is 2.42. The predicted octanol–water partition coefficient (Wildman–Crippen LogP) is 2.51. The molecule has 26 heavy (non-hydrogen) atoms. The highest BCUT2D eigenvalue weighted by atomic mass is 32.2. The zero-order chi connectivity index (χ0) is 20.4. The van der Waals surface area contributed by atoms with Crippen molar-refractivity contribution >= 4 is 21.6 Å². The topological polar surface area (TPSA) is 110 Å². The smallest absolute Gasteiger partial charge is 0.247 e. The van der Waals surface area contributed by atoms with Crippen LogP contribution in [0.1, 0.15) is 53.2 Å². The summed E-state index contributed by atoms with van der Waals surface area (Å²) in [6, 6.07) is 1.40. The van der Waals surface area contributed by atoms with E-state index in [1.54, 1.807) is 13.8 Å². The number of carbonyl (C=O) groups is 1. The van der Waals surface area contributed by atoms with Crippen LogP contribution < -0.4 is 5.32 Å². The fraction of sp³-hybridized carbons (Fsp3) is 0.750. The third-order valence-corrected chi connectivity index (χ3v) is 6.76. The number of amides is 1. The third-order valence-electron chi connectivity index (χ3n) is 4.19. The van der Waals surface area contributed by atoms with Gasteiger partial charge in [-0.1, -0.05) is 19.0 Å². The number of sulfone groups is 1. The van der Waals surface area contributed by atoms with Crippen molar-refractivity contribution in [1.29, 1.82) is 0 Å². The maximum absolute atomic E-state index is 12.9. The van der Waals surface area contributed by atoms with Gasteiger partial charge in [0.2, 0.25) is 17.7 Å². The summed E-state index contributed by atoms with van der Waals surface area (Å²) in [5.41, 5.74) is -0.305. The van der Waals surface area contributed by atoms with E-state index in [9.17, 15) is 27.1 Å². The van der Waals surface area contributed by atoms with Gasteiger partial charge in [0.15, 0.2) is 9.84 Å². The van der Waals surface area contributed by atoms with Gasteiger partial charge in [-0.05, 0) is 27.2 Å². The highest BCUT2D eigenvalue weighted by Crippen LogP contribution is 2.27. The van der Waals surface area contributed by atoms with Crippen LogP contribution in [0.4, 0.5) is 14.7 Å². The number of hydrogen-bond donors (Lipinski definition) is 2. The first-order valence-corrected chi connectivity index (χ1v) is 9.77. The third kappa shape index (κ3) is 5.47. The predicted molar refractivity (Wildman–Crippen MR) is 93.0 cm³/mol. The van der Waals surface area contributed by atoms with Crippen molar-refractivity contribution < 1.29 is 31.6 Å². The normalized spacial score (nSPS) is 13.7. The maximum atomic E-state index is 12.9. The van der Waals surface area contributed by atoms with Crippen LogP contribution in [0.3, 0.4) is 0 Å². The van der Waals surface area contributed by atoms with Crippen molar-refractivity contribution in [2.75, 3.05) is 17.7 Å². The van der Waals surface area contributed by atoms with Crippen molar-refractivity contribution in [2.24, 2.45) is 0 Å². The van der Waals surface area contributed by atoms with Gasteiger partial charge in [-0.25, -0.2) is 17.2 Å². The lowest BCUT2D eigenvalue weighted by Gasteiger charge is -2.23. The summed E-state index contributed by atoms with van der Waals surface area (Å²) < 4.78 is 53.6. The van der Waals surface area contributed by atoms with Gasteiger partial charge in [0, 0.05) is 17.9 Å². The lowest BCUT2D eigenvalue weighted by Crippen LogP contribution is -2.45. The summed E-state index contributed by atoms with van der Waals surface area (Å²) in [5, 5.41) is 15.4. The van der Waals surface area contributed by atoms with E-state index in [1.165, 1.54) is 19.9 Å². The first-order chi connectivity index (χ1) is 11.6. The zero-order valence-corrected chi connectivity index (χ0v) is 16.4. The van der Waals surface area contributed by atoms with Gasteiger partial charge in [0.25, 0.3) is 0 Å². The van der Waals surface area contributed by atoms with Crippen LogP contribution in [-0.4, -0.2) is 47.6 Å². The molecular formula is C16H26F2N2O5S. The number of anilines is 1. The number of carbonyl (C=O) groups excluding carboxylic acids is 1. The molecule has 7 nitrogen and oxygen atoms in total. The molecule has 0 saturated carbocycles. The second-order valence-electron chi connectivity index (χ2n) is 7.58. The van der Waals surface area contributed by atoms with Crippen LogP contribution in [-0.2, 0) is 20.0 Å². The summed E-state index contributed by atoms with van der Waals surface area (Å²) in [5.74, 6) is -4.41. The van der Waals surface area contributed by atoms with Crippen molar-refractivity contribution in [3.05, 3.63) is 11.8 Å². The van der Waals surface area contributed by atoms with E-state index in [2.05, 4.69) is 10.5 Å². The molecule has 0 aliphatic carbocycles. The second kappa shape index (κ2) is 7.59. The van der Waals surface area contributed by atoms with Gasteiger partial charge in [0.05, 0.1) is 18.1 Å². The largest absolute Gasteiger partial charge is 0.395 e. The number of alkyl halides is 2. The van der Waals surface area contributed by atoms with Gasteiger partial charge >= 0.3 is 0 Å². The van der Waals surface area contributed by atoms with Gasteiger partial charge in [-0.3, -0.25) is 10.1 Å². The average molecular weight is 396 g/mol. The first kappa shape index (κ1) is 22.5. The molecule has 1 amide bonds. The van der Waals surface area contributed by atoms with E-state index >= 15 is 0 Å². The maximum Gasteiger partial charge on any atom is 0.247 e. The Morgan fingerprint density at radius 3 is 2.35 bits per heavy atom. The van der Waals surface area contributed by atoms with Crippen LogP contribution in [0.5, 0.6) is 0 Å². The molecule has 0 bridgehead atoms. The summed E-state index contributed by atoms with van der Waals surface area (Å²) in [4.78, 5) is 12.4. The van der Waals surface area contributed by atoms with Crippen molar-refractivity contribution in [1.82, 2.24) is 5.16 Å². The van der Waals surface area contributed by atoms with Crippen molar-refractivity contribution in [3.8, 4) is 0 Å². The molecule has 0 aliphatic rings. The molecule has 1 rings (SSSR count). The van der Waals surface area contributed by atoms with Gasteiger partial charge in [0.1, 0.15) is 4.75 Å². The molecule has 1 aromatic heterocycles. The number of hydrogen-bond acceptors (Lipinski definition) is 6. The van der Waals surface area contributed by atoms with Crippen LogP contribution in [0, 0.1) is 0 Å². The monoisotopic (exact) mass is 396 g/mol. The van der Waals surface area contributed by atoms with Crippen LogP contribution in [0.2, 0.25) is 0 Å². The Labute approximate surface area is 152 Å². The molecule has 0 saturated heterocycles. The first-order valence-electron chi connectivity index (χ1n) is 8.12. The Balaban J connectivity index is 2.84. The van der Waals surface area contributed by atoms with E-state index in [1.807, 2.05) is 0 Å². The minimum absolute atomic E-state index is 0.0603.